The molecule has 0 unspecified atom stereocenters. The number of benzene rings is 2. The van der Waals surface area contributed by atoms with Gasteiger partial charge in [0.1, 0.15) is 17.1 Å². The first kappa shape index (κ1) is 13.8. The van der Waals surface area contributed by atoms with Crippen LogP contribution in [-0.2, 0) is 0 Å². The Morgan fingerprint density at radius 1 is 1.00 bits per heavy atom. The van der Waals surface area contributed by atoms with E-state index in [2.05, 4.69) is 0 Å². The summed E-state index contributed by atoms with van der Waals surface area (Å²) in [6, 6.07) is 9.61. The molecule has 23 heavy (non-hydrogen) atoms. The summed E-state index contributed by atoms with van der Waals surface area (Å²) in [5.74, 6) is 1.40. The smallest absolute Gasteiger partial charge is 0.200 e. The van der Waals surface area contributed by atoms with Gasteiger partial charge in [-0.2, -0.15) is 0 Å². The first-order valence-electron chi connectivity index (χ1n) is 7.68. The molecule has 0 fully saturated rings. The largest absolute Gasteiger partial charge is 0.497 e. The maximum absolute atomic E-state index is 12.9. The van der Waals surface area contributed by atoms with Gasteiger partial charge in [0.15, 0.2) is 0 Å². The topological polar surface area (TPSA) is 39.4 Å². The van der Waals surface area contributed by atoms with Crippen LogP contribution < -0.4 is 10.2 Å². The Hall–Kier alpha value is -2.81. The van der Waals surface area contributed by atoms with Gasteiger partial charge >= 0.3 is 0 Å². The molecule has 0 atom stereocenters. The van der Waals surface area contributed by atoms with Gasteiger partial charge in [0.05, 0.1) is 18.1 Å². The van der Waals surface area contributed by atoms with Crippen molar-refractivity contribution in [3.63, 3.8) is 0 Å². The second kappa shape index (κ2) is 5.43. The van der Waals surface area contributed by atoms with Gasteiger partial charge in [0.2, 0.25) is 5.43 Å². The zero-order chi connectivity index (χ0) is 15.8. The van der Waals surface area contributed by atoms with Crippen molar-refractivity contribution in [1.29, 1.82) is 0 Å². The van der Waals surface area contributed by atoms with Crippen molar-refractivity contribution >= 4 is 33.9 Å². The monoisotopic (exact) mass is 304 g/mol. The molecule has 0 spiro atoms. The van der Waals surface area contributed by atoms with E-state index >= 15 is 0 Å². The zero-order valence-corrected chi connectivity index (χ0v) is 12.8. The van der Waals surface area contributed by atoms with E-state index in [1.807, 2.05) is 54.6 Å². The van der Waals surface area contributed by atoms with Crippen LogP contribution in [0.15, 0.2) is 51.7 Å². The summed E-state index contributed by atoms with van der Waals surface area (Å²) in [5.41, 5.74) is 1.24. The van der Waals surface area contributed by atoms with Crippen LogP contribution in [0.25, 0.3) is 33.9 Å². The molecule has 0 saturated carbocycles. The fourth-order valence-electron chi connectivity index (χ4n) is 2.94. The Balaban J connectivity index is 2.07. The van der Waals surface area contributed by atoms with Crippen LogP contribution >= 0.6 is 0 Å². The maximum Gasteiger partial charge on any atom is 0.200 e. The molecule has 114 valence electrons. The highest BCUT2D eigenvalue weighted by Crippen LogP contribution is 2.27. The third kappa shape index (κ3) is 2.34. The SMILES string of the molecule is COc1ccc2cc3oc4c(c(=O)c3cc2c1)/C=C\CC/C=C\4. The van der Waals surface area contributed by atoms with Crippen LogP contribution in [0.5, 0.6) is 5.75 Å². The Morgan fingerprint density at radius 2 is 1.83 bits per heavy atom. The lowest BCUT2D eigenvalue weighted by molar-refractivity contribution is 0.415. The van der Waals surface area contributed by atoms with E-state index in [0.717, 1.165) is 29.4 Å². The second-order valence-electron chi connectivity index (χ2n) is 5.65. The van der Waals surface area contributed by atoms with E-state index < -0.39 is 0 Å². The predicted molar refractivity (Wildman–Crippen MR) is 93.8 cm³/mol. The van der Waals surface area contributed by atoms with Crippen LogP contribution in [0, 0.1) is 0 Å². The van der Waals surface area contributed by atoms with Gasteiger partial charge in [0, 0.05) is 0 Å². The van der Waals surface area contributed by atoms with Gasteiger partial charge in [-0.1, -0.05) is 24.3 Å². The van der Waals surface area contributed by atoms with E-state index in [4.69, 9.17) is 9.15 Å². The van der Waals surface area contributed by atoms with Gasteiger partial charge in [-0.05, 0) is 54.0 Å². The third-order valence-corrected chi connectivity index (χ3v) is 4.17. The van der Waals surface area contributed by atoms with Crippen LogP contribution in [0.1, 0.15) is 24.2 Å². The molecule has 4 rings (SSSR count). The van der Waals surface area contributed by atoms with Crippen LogP contribution in [0.2, 0.25) is 0 Å². The van der Waals surface area contributed by atoms with Gasteiger partial charge < -0.3 is 9.15 Å². The third-order valence-electron chi connectivity index (χ3n) is 4.17. The minimum absolute atomic E-state index is 0.00812. The number of fused-ring (bicyclic) bond motifs is 3. The molecule has 3 heteroatoms. The molecule has 3 nitrogen and oxygen atoms in total. The second-order valence-corrected chi connectivity index (χ2v) is 5.65. The van der Waals surface area contributed by atoms with E-state index in [9.17, 15) is 4.79 Å². The molecular weight excluding hydrogens is 288 g/mol. The highest BCUT2D eigenvalue weighted by molar-refractivity contribution is 5.97. The van der Waals surface area contributed by atoms with Gasteiger partial charge in [-0.15, -0.1) is 0 Å². The fraction of sp³-hybridized carbons (Fsp3) is 0.150. The molecule has 0 radical (unpaired) electrons. The first-order valence-corrected chi connectivity index (χ1v) is 7.68. The van der Waals surface area contributed by atoms with Crippen LogP contribution in [-0.4, -0.2) is 7.11 Å². The lowest BCUT2D eigenvalue weighted by Crippen LogP contribution is -2.08. The van der Waals surface area contributed by atoms with Crippen molar-refractivity contribution in [2.45, 2.75) is 12.8 Å². The highest BCUT2D eigenvalue weighted by atomic mass is 16.5. The van der Waals surface area contributed by atoms with Crippen molar-refractivity contribution in [1.82, 2.24) is 0 Å². The standard InChI is InChI=1S/C20H16O3/c1-22-15-9-8-13-12-19-17(11-14(13)10-15)20(21)16-6-4-2-3-5-7-18(16)23-19/h4-12H,2-3H2,1H3/b6-4-,7-5-. The Labute approximate surface area is 133 Å². The summed E-state index contributed by atoms with van der Waals surface area (Å²) in [6.07, 6.45) is 9.73. The predicted octanol–water partition coefficient (Wildman–Crippen LogP) is 4.78. The van der Waals surface area contributed by atoms with Crippen molar-refractivity contribution in [2.24, 2.45) is 0 Å². The number of allylic oxidation sites excluding steroid dienone is 2. The first-order chi connectivity index (χ1) is 11.3. The molecular formula is C20H16O3. The summed E-state index contributed by atoms with van der Waals surface area (Å²) in [4.78, 5) is 12.9. The number of hydrogen-bond donors (Lipinski definition) is 0. The van der Waals surface area contributed by atoms with E-state index in [0.29, 0.717) is 22.3 Å². The van der Waals surface area contributed by atoms with E-state index in [1.54, 1.807) is 7.11 Å². The molecule has 0 aliphatic heterocycles. The lowest BCUT2D eigenvalue weighted by Gasteiger charge is -2.08. The van der Waals surface area contributed by atoms with Gasteiger partial charge in [-0.25, -0.2) is 0 Å². The van der Waals surface area contributed by atoms with Gasteiger partial charge in [0.25, 0.3) is 0 Å². The summed E-state index contributed by atoms with van der Waals surface area (Å²) in [5, 5.41) is 2.59. The average Bonchev–Trinajstić information content (AvgIpc) is 2.55. The van der Waals surface area contributed by atoms with Gasteiger partial charge in [-0.3, -0.25) is 4.79 Å². The Morgan fingerprint density at radius 3 is 2.65 bits per heavy atom. The summed E-state index contributed by atoms with van der Waals surface area (Å²) in [7, 11) is 1.64. The molecule has 0 amide bonds. The van der Waals surface area contributed by atoms with Crippen LogP contribution in [0.4, 0.5) is 0 Å². The molecule has 1 aromatic heterocycles. The normalized spacial score (nSPS) is 16.6. The Bertz CT molecular complexity index is 1020. The number of methoxy groups -OCH3 is 1. The van der Waals surface area contributed by atoms with E-state index in [-0.39, 0.29) is 5.43 Å². The highest BCUT2D eigenvalue weighted by Gasteiger charge is 2.12. The van der Waals surface area contributed by atoms with Crippen molar-refractivity contribution in [3.05, 3.63) is 64.0 Å². The van der Waals surface area contributed by atoms with Crippen molar-refractivity contribution in [2.75, 3.05) is 7.11 Å². The average molecular weight is 304 g/mol. The molecule has 0 saturated heterocycles. The number of hydrogen-bond acceptors (Lipinski definition) is 3. The minimum Gasteiger partial charge on any atom is -0.497 e. The van der Waals surface area contributed by atoms with Crippen LogP contribution in [0.3, 0.4) is 0 Å². The van der Waals surface area contributed by atoms with Crippen molar-refractivity contribution in [3.8, 4) is 5.75 Å². The molecule has 1 heterocycles. The summed E-state index contributed by atoms with van der Waals surface area (Å²) < 4.78 is 11.3. The molecule has 0 bridgehead atoms. The van der Waals surface area contributed by atoms with E-state index in [1.165, 1.54) is 0 Å². The number of rotatable bonds is 1. The minimum atomic E-state index is 0.00812. The van der Waals surface area contributed by atoms with Crippen molar-refractivity contribution < 1.29 is 9.15 Å². The quantitative estimate of drug-likeness (QED) is 0.608. The fourth-order valence-corrected chi connectivity index (χ4v) is 2.94. The summed E-state index contributed by atoms with van der Waals surface area (Å²) in [6.45, 7) is 0. The molecule has 1 aliphatic rings. The zero-order valence-electron chi connectivity index (χ0n) is 12.8. The maximum atomic E-state index is 12.9. The lowest BCUT2D eigenvalue weighted by atomic mass is 10.0. The molecule has 2 aromatic carbocycles. The molecule has 0 N–H and O–H groups in total. The molecule has 1 aliphatic carbocycles. The molecule has 3 aromatic rings. The Kier molecular flexibility index (Phi) is 3.27. The number of ether oxygens (including phenoxy) is 1. The summed E-state index contributed by atoms with van der Waals surface area (Å²) >= 11 is 0.